The Morgan fingerprint density at radius 2 is 1.90 bits per heavy atom. The van der Waals surface area contributed by atoms with Crippen LogP contribution >= 0.6 is 0 Å². The van der Waals surface area contributed by atoms with Crippen molar-refractivity contribution in [1.82, 2.24) is 4.90 Å². The molecule has 1 amide bonds. The standard InChI is InChI=1S/C22H25NO5S/c1-13-9-14(2)20-19(10-13)16(4)21(28-20)22(24)23(11-18-6-5-15(3)27-18)17-7-8-29(25,26)12-17/h5-6,9-10,17H,7-8,11-12H2,1-4H3. The maximum absolute atomic E-state index is 13.5. The summed E-state index contributed by atoms with van der Waals surface area (Å²) in [5, 5.41) is 0.915. The number of carbonyl (C=O) groups excluding carboxylic acids is 1. The fraction of sp³-hybridized carbons (Fsp3) is 0.409. The van der Waals surface area contributed by atoms with E-state index in [-0.39, 0.29) is 29.7 Å². The average molecular weight is 416 g/mol. The van der Waals surface area contributed by atoms with Crippen LogP contribution in [0.1, 0.15) is 45.2 Å². The van der Waals surface area contributed by atoms with Crippen LogP contribution in [0.25, 0.3) is 11.0 Å². The van der Waals surface area contributed by atoms with Gasteiger partial charge in [0.1, 0.15) is 17.1 Å². The Morgan fingerprint density at radius 3 is 2.52 bits per heavy atom. The van der Waals surface area contributed by atoms with Crippen molar-refractivity contribution in [2.45, 2.75) is 46.7 Å². The molecular formula is C22H25NO5S. The topological polar surface area (TPSA) is 80.7 Å². The van der Waals surface area contributed by atoms with Gasteiger partial charge in [-0.15, -0.1) is 0 Å². The quantitative estimate of drug-likeness (QED) is 0.641. The largest absolute Gasteiger partial charge is 0.464 e. The zero-order valence-corrected chi connectivity index (χ0v) is 17.9. The molecule has 0 radical (unpaired) electrons. The van der Waals surface area contributed by atoms with Gasteiger partial charge in [-0.25, -0.2) is 8.42 Å². The Hall–Kier alpha value is -2.54. The Balaban J connectivity index is 1.76. The average Bonchev–Trinajstić information content (AvgIpc) is 3.30. The second kappa shape index (κ2) is 7.06. The molecule has 3 aromatic rings. The van der Waals surface area contributed by atoms with Gasteiger partial charge >= 0.3 is 0 Å². The second-order valence-electron chi connectivity index (χ2n) is 8.02. The molecule has 7 heteroatoms. The lowest BCUT2D eigenvalue weighted by Crippen LogP contribution is -2.40. The minimum atomic E-state index is -3.15. The Morgan fingerprint density at radius 1 is 1.14 bits per heavy atom. The summed E-state index contributed by atoms with van der Waals surface area (Å²) >= 11 is 0. The molecule has 0 aliphatic carbocycles. The third kappa shape index (κ3) is 3.71. The third-order valence-electron chi connectivity index (χ3n) is 5.59. The molecule has 6 nitrogen and oxygen atoms in total. The molecule has 1 aliphatic heterocycles. The van der Waals surface area contributed by atoms with Crippen LogP contribution < -0.4 is 0 Å². The van der Waals surface area contributed by atoms with Crippen molar-refractivity contribution in [3.63, 3.8) is 0 Å². The fourth-order valence-electron chi connectivity index (χ4n) is 4.13. The number of rotatable bonds is 4. The number of aryl methyl sites for hydroxylation is 4. The number of hydrogen-bond acceptors (Lipinski definition) is 5. The second-order valence-corrected chi connectivity index (χ2v) is 10.2. The minimum absolute atomic E-state index is 0.0319. The van der Waals surface area contributed by atoms with E-state index in [9.17, 15) is 13.2 Å². The van der Waals surface area contributed by atoms with Gasteiger partial charge in [0.15, 0.2) is 15.6 Å². The van der Waals surface area contributed by atoms with Crippen molar-refractivity contribution < 1.29 is 22.0 Å². The summed E-state index contributed by atoms with van der Waals surface area (Å²) in [6.45, 7) is 7.89. The lowest BCUT2D eigenvalue weighted by Gasteiger charge is -2.26. The first-order valence-electron chi connectivity index (χ1n) is 9.71. The normalized spacial score (nSPS) is 18.4. The van der Waals surface area contributed by atoms with Crippen LogP contribution in [0.15, 0.2) is 33.1 Å². The first-order chi connectivity index (χ1) is 13.6. The van der Waals surface area contributed by atoms with Crippen molar-refractivity contribution in [1.29, 1.82) is 0 Å². The lowest BCUT2D eigenvalue weighted by molar-refractivity contribution is 0.0634. The number of sulfone groups is 1. The predicted molar refractivity (Wildman–Crippen MR) is 111 cm³/mol. The van der Waals surface area contributed by atoms with Gasteiger partial charge in [-0.1, -0.05) is 6.07 Å². The third-order valence-corrected chi connectivity index (χ3v) is 7.34. The molecule has 0 spiro atoms. The Labute approximate surface area is 170 Å². The molecule has 29 heavy (non-hydrogen) atoms. The summed E-state index contributed by atoms with van der Waals surface area (Å²) in [4.78, 5) is 15.1. The van der Waals surface area contributed by atoms with Gasteiger partial charge in [0.2, 0.25) is 0 Å². The zero-order chi connectivity index (χ0) is 20.9. The molecule has 1 aliphatic rings. The highest BCUT2D eigenvalue weighted by atomic mass is 32.2. The number of carbonyl (C=O) groups is 1. The van der Waals surface area contributed by atoms with Gasteiger partial charge in [-0.2, -0.15) is 0 Å². The van der Waals surface area contributed by atoms with E-state index in [1.165, 1.54) is 0 Å². The molecule has 2 aromatic heterocycles. The summed E-state index contributed by atoms with van der Waals surface area (Å²) < 4.78 is 35.8. The molecule has 3 heterocycles. The molecule has 1 aromatic carbocycles. The molecule has 1 unspecified atom stereocenters. The summed E-state index contributed by atoms with van der Waals surface area (Å²) in [7, 11) is -3.15. The van der Waals surface area contributed by atoms with Crippen molar-refractivity contribution in [3.8, 4) is 0 Å². The predicted octanol–water partition coefficient (Wildman–Crippen LogP) is 4.09. The van der Waals surface area contributed by atoms with Crippen LogP contribution in [-0.2, 0) is 16.4 Å². The lowest BCUT2D eigenvalue weighted by atomic mass is 10.1. The molecule has 0 N–H and O–H groups in total. The number of nitrogens with zero attached hydrogens (tertiary/aromatic N) is 1. The van der Waals surface area contributed by atoms with Crippen molar-refractivity contribution in [2.75, 3.05) is 11.5 Å². The Bertz CT molecular complexity index is 1200. The van der Waals surface area contributed by atoms with Crippen LogP contribution in [0, 0.1) is 27.7 Å². The van der Waals surface area contributed by atoms with Crippen molar-refractivity contribution in [3.05, 3.63) is 58.2 Å². The maximum atomic E-state index is 13.5. The highest BCUT2D eigenvalue weighted by molar-refractivity contribution is 7.91. The van der Waals surface area contributed by atoms with Gasteiger partial charge in [0.05, 0.1) is 18.1 Å². The SMILES string of the molecule is Cc1cc(C)c2oc(C(=O)N(Cc3ccc(C)o3)C3CCS(=O)(=O)C3)c(C)c2c1. The van der Waals surface area contributed by atoms with Gasteiger partial charge in [-0.3, -0.25) is 4.79 Å². The molecule has 154 valence electrons. The van der Waals surface area contributed by atoms with E-state index in [1.54, 1.807) is 4.90 Å². The molecule has 0 saturated carbocycles. The Kier molecular flexibility index (Phi) is 4.81. The van der Waals surface area contributed by atoms with Crippen LogP contribution in [-0.4, -0.2) is 36.8 Å². The maximum Gasteiger partial charge on any atom is 0.290 e. The summed E-state index contributed by atoms with van der Waals surface area (Å²) in [6, 6.07) is 7.29. The van der Waals surface area contributed by atoms with E-state index in [4.69, 9.17) is 8.83 Å². The molecular weight excluding hydrogens is 390 g/mol. The van der Waals surface area contributed by atoms with E-state index in [1.807, 2.05) is 52.0 Å². The number of hydrogen-bond donors (Lipinski definition) is 0. The molecule has 0 bridgehead atoms. The fourth-order valence-corrected chi connectivity index (χ4v) is 5.86. The van der Waals surface area contributed by atoms with E-state index in [0.29, 0.717) is 17.8 Å². The zero-order valence-electron chi connectivity index (χ0n) is 17.1. The molecule has 1 atom stereocenters. The van der Waals surface area contributed by atoms with E-state index < -0.39 is 15.9 Å². The molecule has 1 fully saturated rings. The monoisotopic (exact) mass is 415 g/mol. The van der Waals surface area contributed by atoms with Gasteiger partial charge in [-0.05, 0) is 63.4 Å². The van der Waals surface area contributed by atoms with Gasteiger partial charge in [0, 0.05) is 17.0 Å². The molecule has 4 rings (SSSR count). The summed E-state index contributed by atoms with van der Waals surface area (Å²) in [5.74, 6) is 1.40. The smallest absolute Gasteiger partial charge is 0.290 e. The van der Waals surface area contributed by atoms with Gasteiger partial charge in [0.25, 0.3) is 5.91 Å². The summed E-state index contributed by atoms with van der Waals surface area (Å²) in [5.41, 5.74) is 3.55. The van der Waals surface area contributed by atoms with E-state index >= 15 is 0 Å². The number of fused-ring (bicyclic) bond motifs is 1. The highest BCUT2D eigenvalue weighted by Gasteiger charge is 2.37. The van der Waals surface area contributed by atoms with Crippen LogP contribution in [0.3, 0.4) is 0 Å². The first-order valence-corrected chi connectivity index (χ1v) is 11.5. The van der Waals surface area contributed by atoms with Crippen LogP contribution in [0.2, 0.25) is 0 Å². The minimum Gasteiger partial charge on any atom is -0.464 e. The number of benzene rings is 1. The van der Waals surface area contributed by atoms with Crippen molar-refractivity contribution in [2.24, 2.45) is 0 Å². The van der Waals surface area contributed by atoms with Crippen LogP contribution in [0.4, 0.5) is 0 Å². The van der Waals surface area contributed by atoms with E-state index in [0.717, 1.165) is 27.8 Å². The first kappa shape index (κ1) is 19.8. The van der Waals surface area contributed by atoms with Gasteiger partial charge < -0.3 is 13.7 Å². The number of amides is 1. The highest BCUT2D eigenvalue weighted by Crippen LogP contribution is 2.31. The summed E-state index contributed by atoms with van der Waals surface area (Å²) in [6.07, 6.45) is 0.422. The van der Waals surface area contributed by atoms with Crippen LogP contribution in [0.5, 0.6) is 0 Å². The van der Waals surface area contributed by atoms with Crippen molar-refractivity contribution >= 4 is 26.7 Å². The molecule has 1 saturated heterocycles. The number of furan rings is 2. The van der Waals surface area contributed by atoms with E-state index in [2.05, 4.69) is 0 Å².